The zero-order valence-electron chi connectivity index (χ0n) is 16.3. The van der Waals surface area contributed by atoms with Crippen LogP contribution in [0, 0.1) is 24.7 Å². The Morgan fingerprint density at radius 1 is 1.29 bits per heavy atom. The molecule has 8 heteroatoms. The molecule has 2 aromatic rings. The maximum absolute atomic E-state index is 12.9. The first-order chi connectivity index (χ1) is 13.5. The average molecular weight is 419 g/mol. The van der Waals surface area contributed by atoms with E-state index in [9.17, 15) is 4.79 Å². The number of hydrogen-bond donors (Lipinski definition) is 1. The summed E-state index contributed by atoms with van der Waals surface area (Å²) in [5, 5.41) is 14.9. The zero-order valence-corrected chi connectivity index (χ0v) is 17.9. The van der Waals surface area contributed by atoms with E-state index in [2.05, 4.69) is 20.5 Å². The third kappa shape index (κ3) is 3.73. The molecule has 0 saturated heterocycles. The predicted molar refractivity (Wildman–Crippen MR) is 108 cm³/mol. The van der Waals surface area contributed by atoms with Gasteiger partial charge in [0.2, 0.25) is 11.8 Å². The normalized spacial score (nSPS) is 31.9. The van der Waals surface area contributed by atoms with Crippen molar-refractivity contribution in [2.75, 3.05) is 0 Å². The molecule has 1 amide bonds. The van der Waals surface area contributed by atoms with Gasteiger partial charge in [-0.05, 0) is 70.1 Å². The quantitative estimate of drug-likeness (QED) is 0.715. The van der Waals surface area contributed by atoms with Crippen molar-refractivity contribution in [1.82, 2.24) is 20.5 Å². The summed E-state index contributed by atoms with van der Waals surface area (Å²) in [6.45, 7) is 3.90. The fourth-order valence-corrected chi connectivity index (χ4v) is 7.15. The number of nitrogens with zero attached hydrogens (tertiary/aromatic N) is 3. The Balaban J connectivity index is 1.19. The molecule has 0 spiro atoms. The van der Waals surface area contributed by atoms with Crippen LogP contribution in [0.25, 0.3) is 0 Å². The number of nitrogens with one attached hydrogen (secondary N) is 1. The molecule has 6 nitrogen and oxygen atoms in total. The Morgan fingerprint density at radius 3 is 2.57 bits per heavy atom. The van der Waals surface area contributed by atoms with E-state index < -0.39 is 0 Å². The van der Waals surface area contributed by atoms with E-state index >= 15 is 0 Å². The number of carbonyl (C=O) groups excluding carboxylic acids is 1. The van der Waals surface area contributed by atoms with E-state index in [1.54, 1.807) is 11.3 Å². The molecule has 150 valence electrons. The molecule has 4 bridgehead atoms. The Hall–Kier alpha value is -1.41. The van der Waals surface area contributed by atoms with Gasteiger partial charge in [-0.3, -0.25) is 4.79 Å². The largest absolute Gasteiger partial charge is 0.416 e. The van der Waals surface area contributed by atoms with Crippen molar-refractivity contribution in [1.29, 1.82) is 0 Å². The summed E-state index contributed by atoms with van der Waals surface area (Å²) in [5.74, 6) is 3.11. The second kappa shape index (κ2) is 7.13. The first-order valence-electron chi connectivity index (χ1n) is 10.2. The standard InChI is InChI=1S/C20H26N4O2S2/c1-11(28-19-24-23-17(26-19)6-16-10-27-12(2)21-16)18(25)22-20-7-13-3-14(8-20)5-15(4-13)9-20/h10-11,13-15H,3-9H2,1-2H3,(H,22,25)/t11-,13?,14?,15?,20?/m0/s1. The topological polar surface area (TPSA) is 80.9 Å². The highest BCUT2D eigenvalue weighted by atomic mass is 32.2. The number of thiazole rings is 1. The van der Waals surface area contributed by atoms with Crippen molar-refractivity contribution in [2.45, 2.75) is 74.8 Å². The monoisotopic (exact) mass is 418 g/mol. The van der Waals surface area contributed by atoms with Gasteiger partial charge in [0.15, 0.2) is 0 Å². The van der Waals surface area contributed by atoms with Crippen LogP contribution >= 0.6 is 23.1 Å². The summed E-state index contributed by atoms with van der Waals surface area (Å²) in [4.78, 5) is 17.3. The van der Waals surface area contributed by atoms with Crippen LogP contribution in [0.5, 0.6) is 0 Å². The Bertz CT molecular complexity index is 842. The van der Waals surface area contributed by atoms with E-state index in [0.29, 0.717) is 17.5 Å². The molecule has 2 heterocycles. The minimum Gasteiger partial charge on any atom is -0.416 e. The highest BCUT2D eigenvalue weighted by molar-refractivity contribution is 8.00. The van der Waals surface area contributed by atoms with E-state index in [-0.39, 0.29) is 16.7 Å². The minimum absolute atomic E-state index is 0.0448. The Kier molecular flexibility index (Phi) is 4.74. The van der Waals surface area contributed by atoms with Crippen LogP contribution in [-0.4, -0.2) is 31.9 Å². The van der Waals surface area contributed by atoms with E-state index in [0.717, 1.165) is 28.5 Å². The van der Waals surface area contributed by atoms with Crippen molar-refractivity contribution in [3.63, 3.8) is 0 Å². The van der Waals surface area contributed by atoms with Crippen LogP contribution in [-0.2, 0) is 11.2 Å². The van der Waals surface area contributed by atoms with Crippen molar-refractivity contribution < 1.29 is 9.21 Å². The predicted octanol–water partition coefficient (Wildman–Crippen LogP) is 3.99. The fraction of sp³-hybridized carbons (Fsp3) is 0.700. The van der Waals surface area contributed by atoms with Gasteiger partial charge in [0.05, 0.1) is 22.4 Å². The number of rotatable bonds is 6. The summed E-state index contributed by atoms with van der Waals surface area (Å²) in [6.07, 6.45) is 8.17. The minimum atomic E-state index is -0.247. The number of hydrogen-bond acceptors (Lipinski definition) is 7. The molecule has 0 radical (unpaired) electrons. The van der Waals surface area contributed by atoms with Crippen molar-refractivity contribution >= 4 is 29.0 Å². The van der Waals surface area contributed by atoms with Gasteiger partial charge in [0.25, 0.3) is 5.22 Å². The molecule has 4 saturated carbocycles. The molecular weight excluding hydrogens is 392 g/mol. The first-order valence-corrected chi connectivity index (χ1v) is 11.9. The van der Waals surface area contributed by atoms with Gasteiger partial charge < -0.3 is 9.73 Å². The van der Waals surface area contributed by atoms with E-state index in [1.807, 2.05) is 19.2 Å². The smallest absolute Gasteiger partial charge is 0.277 e. The molecule has 6 rings (SSSR count). The molecule has 4 aliphatic carbocycles. The summed E-state index contributed by atoms with van der Waals surface area (Å²) < 4.78 is 5.74. The summed E-state index contributed by atoms with van der Waals surface area (Å²) >= 11 is 2.96. The van der Waals surface area contributed by atoms with Gasteiger partial charge in [-0.1, -0.05) is 11.8 Å². The molecule has 2 aromatic heterocycles. The average Bonchev–Trinajstić information content (AvgIpc) is 3.22. The molecule has 0 unspecified atom stereocenters. The first kappa shape index (κ1) is 18.6. The second-order valence-electron chi connectivity index (χ2n) is 8.94. The van der Waals surface area contributed by atoms with Crippen LogP contribution in [0.3, 0.4) is 0 Å². The van der Waals surface area contributed by atoms with Crippen molar-refractivity contribution in [2.24, 2.45) is 17.8 Å². The van der Waals surface area contributed by atoms with Crippen molar-refractivity contribution in [3.8, 4) is 0 Å². The van der Waals surface area contributed by atoms with Gasteiger partial charge in [-0.2, -0.15) is 0 Å². The van der Waals surface area contributed by atoms with Crippen LogP contribution < -0.4 is 5.32 Å². The van der Waals surface area contributed by atoms with Crippen LogP contribution in [0.2, 0.25) is 0 Å². The van der Waals surface area contributed by atoms with Gasteiger partial charge >= 0.3 is 0 Å². The molecule has 1 N–H and O–H groups in total. The van der Waals surface area contributed by atoms with Gasteiger partial charge in [-0.25, -0.2) is 4.98 Å². The van der Waals surface area contributed by atoms with Gasteiger partial charge in [-0.15, -0.1) is 21.5 Å². The molecule has 0 aliphatic heterocycles. The van der Waals surface area contributed by atoms with Gasteiger partial charge in [0.1, 0.15) is 0 Å². The lowest BCUT2D eigenvalue weighted by atomic mass is 9.53. The lowest BCUT2D eigenvalue weighted by molar-refractivity contribution is -0.126. The van der Waals surface area contributed by atoms with Crippen LogP contribution in [0.4, 0.5) is 0 Å². The van der Waals surface area contributed by atoms with E-state index in [1.165, 1.54) is 50.3 Å². The number of carbonyl (C=O) groups is 1. The lowest BCUT2D eigenvalue weighted by Gasteiger charge is -2.57. The van der Waals surface area contributed by atoms with Gasteiger partial charge in [0, 0.05) is 10.9 Å². The lowest BCUT2D eigenvalue weighted by Crippen LogP contribution is -2.60. The second-order valence-corrected chi connectivity index (χ2v) is 11.3. The third-order valence-electron chi connectivity index (χ3n) is 6.52. The SMILES string of the molecule is Cc1nc(Cc2nnc(S[C@@H](C)C(=O)NC34CC5CC(CC(C5)C3)C4)o2)cs1. The highest BCUT2D eigenvalue weighted by Crippen LogP contribution is 2.55. The molecule has 0 aromatic carbocycles. The summed E-state index contributed by atoms with van der Waals surface area (Å²) in [6, 6.07) is 0. The molecular formula is C20H26N4O2S2. The number of aromatic nitrogens is 3. The van der Waals surface area contributed by atoms with Crippen LogP contribution in [0.1, 0.15) is 62.0 Å². The third-order valence-corrected chi connectivity index (χ3v) is 8.28. The molecule has 1 atom stereocenters. The fourth-order valence-electron chi connectivity index (χ4n) is 5.83. The molecule has 4 aliphatic rings. The summed E-state index contributed by atoms with van der Waals surface area (Å²) in [7, 11) is 0. The Morgan fingerprint density at radius 2 is 1.96 bits per heavy atom. The maximum Gasteiger partial charge on any atom is 0.277 e. The van der Waals surface area contributed by atoms with Crippen LogP contribution in [0.15, 0.2) is 15.0 Å². The maximum atomic E-state index is 12.9. The highest BCUT2D eigenvalue weighted by Gasteiger charge is 2.51. The number of aryl methyl sites for hydroxylation is 1. The molecule has 4 fully saturated rings. The van der Waals surface area contributed by atoms with E-state index in [4.69, 9.17) is 4.42 Å². The summed E-state index contributed by atoms with van der Waals surface area (Å²) in [5.41, 5.74) is 0.985. The van der Waals surface area contributed by atoms with Crippen molar-refractivity contribution in [3.05, 3.63) is 22.0 Å². The molecule has 28 heavy (non-hydrogen) atoms. The number of amides is 1. The zero-order chi connectivity index (χ0) is 19.3. The Labute approximate surface area is 173 Å². The number of thioether (sulfide) groups is 1.